The van der Waals surface area contributed by atoms with Crippen molar-refractivity contribution in [3.05, 3.63) is 30.6 Å². The van der Waals surface area contributed by atoms with E-state index in [0.717, 1.165) is 41.8 Å². The third-order valence-corrected chi connectivity index (χ3v) is 10.7. The smallest absolute Gasteiger partial charge is 0.414 e. The summed E-state index contributed by atoms with van der Waals surface area (Å²) in [7, 11) is 0. The van der Waals surface area contributed by atoms with Gasteiger partial charge in [0.2, 0.25) is 5.91 Å². The van der Waals surface area contributed by atoms with E-state index in [4.69, 9.17) is 4.74 Å². The minimum absolute atomic E-state index is 0.0200. The Hall–Kier alpha value is -2.87. The van der Waals surface area contributed by atoms with Crippen LogP contribution in [0.3, 0.4) is 0 Å². The van der Waals surface area contributed by atoms with Gasteiger partial charge in [-0.25, -0.2) is 4.79 Å². The van der Waals surface area contributed by atoms with Crippen LogP contribution >= 0.6 is 0 Å². The summed E-state index contributed by atoms with van der Waals surface area (Å²) in [5.74, 6) is -0.0210. The van der Waals surface area contributed by atoms with Crippen LogP contribution in [0.1, 0.15) is 124 Å². The van der Waals surface area contributed by atoms with Crippen molar-refractivity contribution in [3.8, 4) is 11.1 Å². The summed E-state index contributed by atoms with van der Waals surface area (Å²) in [4.78, 5) is 30.8. The number of carbonyl (C=O) groups excluding carboxylic acids is 2. The van der Waals surface area contributed by atoms with E-state index in [1.165, 1.54) is 70.6 Å². The largest absolute Gasteiger partial charge is 0.444 e. The molecule has 1 N–H and O–H groups in total. The molecule has 4 atom stereocenters. The molecule has 3 fully saturated rings. The molecule has 2 aliphatic heterocycles. The van der Waals surface area contributed by atoms with Crippen LogP contribution in [-0.4, -0.2) is 52.6 Å². The molecule has 4 aliphatic rings. The molecule has 0 radical (unpaired) electrons. The summed E-state index contributed by atoms with van der Waals surface area (Å²) >= 11 is 0. The van der Waals surface area contributed by atoms with Crippen molar-refractivity contribution in [1.82, 2.24) is 15.1 Å². The summed E-state index contributed by atoms with van der Waals surface area (Å²) < 4.78 is 8.75. The number of hydrogen-bond donors (Lipinski definition) is 1. The summed E-state index contributed by atoms with van der Waals surface area (Å²) in [5.41, 5.74) is 3.48. The topological polar surface area (TPSA) is 79.7 Å². The van der Waals surface area contributed by atoms with Gasteiger partial charge in [0.15, 0.2) is 0 Å². The number of aromatic nitrogens is 2. The summed E-state index contributed by atoms with van der Waals surface area (Å²) in [6, 6.07) is 6.88. The standard InChI is InChI=1S/C36H53N5O3/c1-25-21-36(18-12-10-8-6-5-7-9-11-13-19-36)34(27(3)38-25)44-35(43)39-23-26(2)41(28(4)42)32-17-14-29(20-33(32)39)30-22-37-40(24-30)31-15-16-31/h14,17,20,22,24-27,31,34,38H,5-13,15-16,18-19,21,23H2,1-4H3/t25?,26-,27?,34?/m0/s1. The molecule has 240 valence electrons. The first-order chi connectivity index (χ1) is 21.3. The molecule has 8 heteroatoms. The molecule has 1 aromatic heterocycles. The lowest BCUT2D eigenvalue weighted by molar-refractivity contribution is -0.117. The second kappa shape index (κ2) is 13.2. The molecule has 2 aliphatic carbocycles. The number of anilines is 2. The Morgan fingerprint density at radius 2 is 1.57 bits per heavy atom. The fraction of sp³-hybridized carbons (Fsp3) is 0.694. The van der Waals surface area contributed by atoms with Crippen molar-refractivity contribution in [2.45, 2.75) is 148 Å². The molecule has 44 heavy (non-hydrogen) atoms. The number of nitrogens with zero attached hydrogens (tertiary/aromatic N) is 4. The first-order valence-electron chi connectivity index (χ1n) is 17.5. The van der Waals surface area contributed by atoms with Crippen LogP contribution in [0.5, 0.6) is 0 Å². The van der Waals surface area contributed by atoms with Crippen molar-refractivity contribution in [3.63, 3.8) is 0 Å². The first-order valence-corrected chi connectivity index (χ1v) is 17.5. The molecule has 1 aromatic carbocycles. The van der Waals surface area contributed by atoms with Gasteiger partial charge in [-0.3, -0.25) is 14.4 Å². The van der Waals surface area contributed by atoms with Crippen LogP contribution in [0, 0.1) is 5.41 Å². The molecule has 6 rings (SSSR count). The number of carbonyl (C=O) groups is 2. The fourth-order valence-electron chi connectivity index (χ4n) is 8.54. The van der Waals surface area contributed by atoms with E-state index in [9.17, 15) is 9.59 Å². The second-order valence-corrected chi connectivity index (χ2v) is 14.4. The molecule has 2 amide bonds. The zero-order valence-corrected chi connectivity index (χ0v) is 27.4. The van der Waals surface area contributed by atoms with Crippen LogP contribution in [0.25, 0.3) is 11.1 Å². The Morgan fingerprint density at radius 1 is 0.909 bits per heavy atom. The number of benzene rings is 1. The number of amides is 2. The van der Waals surface area contributed by atoms with Gasteiger partial charge in [-0.1, -0.05) is 63.9 Å². The maximum Gasteiger partial charge on any atom is 0.414 e. The van der Waals surface area contributed by atoms with Crippen molar-refractivity contribution in [2.24, 2.45) is 5.41 Å². The van der Waals surface area contributed by atoms with Crippen molar-refractivity contribution < 1.29 is 14.3 Å². The highest BCUT2D eigenvalue weighted by Crippen LogP contribution is 2.47. The number of piperidine rings is 1. The summed E-state index contributed by atoms with van der Waals surface area (Å²) in [5, 5.41) is 8.33. The molecule has 1 saturated heterocycles. The maximum atomic E-state index is 14.4. The van der Waals surface area contributed by atoms with E-state index < -0.39 is 0 Å². The molecule has 2 aromatic rings. The lowest BCUT2D eigenvalue weighted by Crippen LogP contribution is -2.61. The van der Waals surface area contributed by atoms with Gasteiger partial charge >= 0.3 is 6.09 Å². The third-order valence-electron chi connectivity index (χ3n) is 10.7. The van der Waals surface area contributed by atoms with E-state index in [1.807, 2.05) is 40.9 Å². The van der Waals surface area contributed by atoms with Crippen LogP contribution in [0.15, 0.2) is 30.6 Å². The van der Waals surface area contributed by atoms with Gasteiger partial charge < -0.3 is 15.0 Å². The van der Waals surface area contributed by atoms with Crippen molar-refractivity contribution >= 4 is 23.4 Å². The molecule has 1 spiro atoms. The molecule has 8 nitrogen and oxygen atoms in total. The van der Waals surface area contributed by atoms with E-state index in [2.05, 4.69) is 30.5 Å². The molecular formula is C36H53N5O3. The highest BCUT2D eigenvalue weighted by molar-refractivity contribution is 6.03. The normalized spacial score (nSPS) is 28.1. The van der Waals surface area contributed by atoms with E-state index >= 15 is 0 Å². The van der Waals surface area contributed by atoms with Gasteiger partial charge in [-0.15, -0.1) is 0 Å². The highest BCUT2D eigenvalue weighted by atomic mass is 16.6. The van der Waals surface area contributed by atoms with Crippen molar-refractivity contribution in [1.29, 1.82) is 0 Å². The van der Waals surface area contributed by atoms with Crippen LogP contribution < -0.4 is 15.1 Å². The van der Waals surface area contributed by atoms with Crippen LogP contribution in [0.4, 0.5) is 16.2 Å². The van der Waals surface area contributed by atoms with E-state index in [1.54, 1.807) is 11.8 Å². The fourth-order valence-corrected chi connectivity index (χ4v) is 8.54. The van der Waals surface area contributed by atoms with Gasteiger partial charge in [0.1, 0.15) is 6.10 Å². The SMILES string of the molecule is CC(=O)N1c2ccc(-c3cnn(C4CC4)c3)cc2N(C(=O)OC2C(C)NC(C)CC23CCCCCCCCCCC3)C[C@@H]1C. The number of ether oxygens (including phenoxy) is 1. The number of nitrogens with one attached hydrogen (secondary N) is 1. The second-order valence-electron chi connectivity index (χ2n) is 14.4. The zero-order valence-electron chi connectivity index (χ0n) is 27.4. The van der Waals surface area contributed by atoms with Gasteiger partial charge in [-0.05, 0) is 70.6 Å². The van der Waals surface area contributed by atoms with Crippen molar-refractivity contribution in [2.75, 3.05) is 16.3 Å². The Bertz CT molecular complexity index is 1310. The predicted octanol–water partition coefficient (Wildman–Crippen LogP) is 8.01. The minimum Gasteiger partial charge on any atom is -0.444 e. The minimum atomic E-state index is -0.300. The average Bonchev–Trinajstić information content (AvgIpc) is 3.71. The average molecular weight is 604 g/mol. The number of rotatable bonds is 3. The summed E-state index contributed by atoms with van der Waals surface area (Å²) in [6.45, 7) is 8.50. The highest BCUT2D eigenvalue weighted by Gasteiger charge is 2.49. The zero-order chi connectivity index (χ0) is 30.8. The quantitative estimate of drug-likeness (QED) is 0.384. The Balaban J connectivity index is 1.30. The molecule has 3 unspecified atom stereocenters. The monoisotopic (exact) mass is 603 g/mol. The predicted molar refractivity (Wildman–Crippen MR) is 176 cm³/mol. The van der Waals surface area contributed by atoms with Crippen LogP contribution in [-0.2, 0) is 9.53 Å². The number of fused-ring (bicyclic) bond motifs is 1. The molecular weight excluding hydrogens is 550 g/mol. The summed E-state index contributed by atoms with van der Waals surface area (Å²) in [6.07, 6.45) is 20.7. The van der Waals surface area contributed by atoms with E-state index in [-0.39, 0.29) is 35.6 Å². The van der Waals surface area contributed by atoms with Gasteiger partial charge in [0.25, 0.3) is 0 Å². The lowest BCUT2D eigenvalue weighted by Gasteiger charge is -2.50. The first kappa shape index (κ1) is 31.1. The third kappa shape index (κ3) is 6.56. The van der Waals surface area contributed by atoms with Gasteiger partial charge in [0.05, 0.1) is 29.7 Å². The van der Waals surface area contributed by atoms with Gasteiger partial charge in [0, 0.05) is 42.7 Å². The maximum absolute atomic E-state index is 14.4. The molecule has 3 heterocycles. The Kier molecular flexibility index (Phi) is 9.36. The van der Waals surface area contributed by atoms with Gasteiger partial charge in [-0.2, -0.15) is 5.10 Å². The molecule has 0 bridgehead atoms. The molecule has 2 saturated carbocycles. The van der Waals surface area contributed by atoms with Crippen LogP contribution in [0.2, 0.25) is 0 Å². The lowest BCUT2D eigenvalue weighted by atomic mass is 9.65. The Labute approximate surface area is 263 Å². The number of hydrogen-bond acceptors (Lipinski definition) is 5. The Morgan fingerprint density at radius 3 is 2.20 bits per heavy atom. The van der Waals surface area contributed by atoms with E-state index in [0.29, 0.717) is 18.6 Å².